The molecule has 1 aromatic rings. The highest BCUT2D eigenvalue weighted by atomic mass is 35.5. The van der Waals surface area contributed by atoms with Gasteiger partial charge < -0.3 is 4.74 Å². The zero-order valence-corrected chi connectivity index (χ0v) is 14.4. The topological polar surface area (TPSA) is 63.7 Å². The van der Waals surface area contributed by atoms with Gasteiger partial charge in [-0.05, 0) is 23.6 Å². The molecule has 2 heterocycles. The summed E-state index contributed by atoms with van der Waals surface area (Å²) in [6.07, 6.45) is -0.203. The molecular weight excluding hydrogens is 349 g/mol. The van der Waals surface area contributed by atoms with Crippen molar-refractivity contribution in [3.8, 4) is 0 Å². The van der Waals surface area contributed by atoms with Gasteiger partial charge in [0.25, 0.3) is 5.91 Å². The Morgan fingerprint density at radius 2 is 1.92 bits per heavy atom. The van der Waals surface area contributed by atoms with Gasteiger partial charge in [-0.3, -0.25) is 14.4 Å². The monoisotopic (exact) mass is 363 g/mol. The van der Waals surface area contributed by atoms with Crippen LogP contribution in [0.15, 0.2) is 29.5 Å². The van der Waals surface area contributed by atoms with Crippen LogP contribution in [0.2, 0.25) is 5.02 Å². The number of fused-ring (bicyclic) bond motifs is 2. The molecule has 4 rings (SSSR count). The van der Waals surface area contributed by atoms with E-state index in [0.717, 1.165) is 11.0 Å². The number of hydrogen-bond donors (Lipinski definition) is 0. The van der Waals surface area contributed by atoms with Crippen molar-refractivity contribution in [3.05, 3.63) is 40.4 Å². The Labute approximate surface area is 148 Å². The maximum Gasteiger partial charge on any atom is 0.276 e. The Morgan fingerprint density at radius 1 is 1.20 bits per heavy atom. The third-order valence-corrected chi connectivity index (χ3v) is 5.16. The van der Waals surface area contributed by atoms with Crippen molar-refractivity contribution in [1.82, 2.24) is 0 Å². The molecule has 1 aromatic carbocycles. The molecule has 1 fully saturated rings. The number of amides is 2. The number of carbonyl (C=O) groups excluding carboxylic acids is 3. The van der Waals surface area contributed by atoms with Gasteiger partial charge in [-0.15, -0.1) is 0 Å². The molecule has 0 spiro atoms. The van der Waals surface area contributed by atoms with Gasteiger partial charge in [-0.1, -0.05) is 25.4 Å². The molecule has 5 nitrogen and oxygen atoms in total. The van der Waals surface area contributed by atoms with E-state index in [1.165, 1.54) is 12.1 Å². The van der Waals surface area contributed by atoms with E-state index in [9.17, 15) is 18.8 Å². The number of Topliss-reactive ketones (excluding diaryl/α,β-unsaturated/α-hetero) is 1. The number of rotatable bonds is 1. The Bertz CT molecular complexity index is 876. The number of hydrogen-bond acceptors (Lipinski definition) is 4. The summed E-state index contributed by atoms with van der Waals surface area (Å²) >= 11 is 5.75. The first-order valence-electron chi connectivity index (χ1n) is 7.95. The number of ketones is 1. The molecule has 0 N–H and O–H groups in total. The van der Waals surface area contributed by atoms with Gasteiger partial charge in [0.2, 0.25) is 5.91 Å². The van der Waals surface area contributed by atoms with Crippen LogP contribution < -0.4 is 4.90 Å². The molecular formula is C18H15ClFNO4. The number of imide groups is 1. The predicted octanol–water partition coefficient (Wildman–Crippen LogP) is 3.01. The van der Waals surface area contributed by atoms with Crippen LogP contribution in [0.3, 0.4) is 0 Å². The highest BCUT2D eigenvalue weighted by Gasteiger charge is 2.59. The second-order valence-electron chi connectivity index (χ2n) is 7.40. The molecule has 1 aliphatic carbocycles. The van der Waals surface area contributed by atoms with Crippen molar-refractivity contribution in [3.63, 3.8) is 0 Å². The van der Waals surface area contributed by atoms with Gasteiger partial charge in [0.15, 0.2) is 11.9 Å². The maximum atomic E-state index is 13.4. The SMILES string of the molecule is CC1(C)CC(=O)C2=C(C1)O[C@@H]1C(=O)N(c3ccc(F)c(Cl)c3)C(=O)[C@H]21. The lowest BCUT2D eigenvalue weighted by molar-refractivity contribution is -0.126. The Morgan fingerprint density at radius 3 is 2.60 bits per heavy atom. The average Bonchev–Trinajstić information content (AvgIpc) is 2.98. The van der Waals surface area contributed by atoms with Crippen LogP contribution in [0, 0.1) is 17.2 Å². The predicted molar refractivity (Wildman–Crippen MR) is 87.3 cm³/mol. The first-order chi connectivity index (χ1) is 11.7. The van der Waals surface area contributed by atoms with Crippen LogP contribution in [0.4, 0.5) is 10.1 Å². The summed E-state index contributed by atoms with van der Waals surface area (Å²) in [4.78, 5) is 39.0. The van der Waals surface area contributed by atoms with E-state index < -0.39 is 29.7 Å². The molecule has 2 amide bonds. The average molecular weight is 364 g/mol. The van der Waals surface area contributed by atoms with Crippen LogP contribution in [0.25, 0.3) is 0 Å². The number of allylic oxidation sites excluding steroid dienone is 1. The van der Waals surface area contributed by atoms with Gasteiger partial charge in [-0.25, -0.2) is 9.29 Å². The normalized spacial score (nSPS) is 27.5. The van der Waals surface area contributed by atoms with Gasteiger partial charge in [0, 0.05) is 18.4 Å². The lowest BCUT2D eigenvalue weighted by atomic mass is 9.74. The number of carbonyl (C=O) groups is 3. The summed E-state index contributed by atoms with van der Waals surface area (Å²) in [5, 5.41) is -0.188. The van der Waals surface area contributed by atoms with Gasteiger partial charge in [0.05, 0.1) is 10.7 Å². The summed E-state index contributed by atoms with van der Waals surface area (Å²) in [5.41, 5.74) is 0.230. The second-order valence-corrected chi connectivity index (χ2v) is 7.81. The highest BCUT2D eigenvalue weighted by molar-refractivity contribution is 6.32. The van der Waals surface area contributed by atoms with E-state index in [1.807, 2.05) is 13.8 Å². The molecule has 2 atom stereocenters. The molecule has 0 bridgehead atoms. The number of benzene rings is 1. The standard InChI is InChI=1S/C18H15ClFNO4/c1-18(2)6-11(22)13-12(7-18)25-15-14(13)16(23)21(17(15)24)8-3-4-10(20)9(19)5-8/h3-5,14-15H,6-7H2,1-2H3/t14-,15+/m1/s1. The number of nitrogens with zero attached hydrogens (tertiary/aromatic N) is 1. The van der Waals surface area contributed by atoms with Crippen LogP contribution in [0.1, 0.15) is 26.7 Å². The van der Waals surface area contributed by atoms with Crippen LogP contribution in [-0.2, 0) is 19.1 Å². The quantitative estimate of drug-likeness (QED) is 0.719. The number of halogens is 2. The van der Waals surface area contributed by atoms with E-state index in [1.54, 1.807) is 0 Å². The lowest BCUT2D eigenvalue weighted by Crippen LogP contribution is -2.34. The van der Waals surface area contributed by atoms with E-state index >= 15 is 0 Å². The van der Waals surface area contributed by atoms with Crippen LogP contribution in [0.5, 0.6) is 0 Å². The van der Waals surface area contributed by atoms with Crippen molar-refractivity contribution >= 4 is 34.9 Å². The largest absolute Gasteiger partial charge is 0.483 e. The number of anilines is 1. The molecule has 0 saturated carbocycles. The minimum Gasteiger partial charge on any atom is -0.483 e. The van der Waals surface area contributed by atoms with Crippen molar-refractivity contribution in [2.24, 2.45) is 11.3 Å². The fourth-order valence-corrected chi connectivity index (χ4v) is 3.98. The summed E-state index contributed by atoms with van der Waals surface area (Å²) in [7, 11) is 0. The van der Waals surface area contributed by atoms with Crippen LogP contribution >= 0.6 is 11.6 Å². The van der Waals surface area contributed by atoms with Crippen molar-refractivity contribution < 1.29 is 23.5 Å². The van der Waals surface area contributed by atoms with Crippen molar-refractivity contribution in [2.45, 2.75) is 32.8 Å². The van der Waals surface area contributed by atoms with Gasteiger partial charge in [0.1, 0.15) is 17.5 Å². The second kappa shape index (κ2) is 5.14. The molecule has 1 saturated heterocycles. The third-order valence-electron chi connectivity index (χ3n) is 4.87. The third kappa shape index (κ3) is 2.31. The van der Waals surface area contributed by atoms with E-state index in [-0.39, 0.29) is 21.9 Å². The van der Waals surface area contributed by atoms with Gasteiger partial charge in [-0.2, -0.15) is 0 Å². The van der Waals surface area contributed by atoms with E-state index in [2.05, 4.69) is 0 Å². The molecule has 130 valence electrons. The molecule has 7 heteroatoms. The summed E-state index contributed by atoms with van der Waals surface area (Å²) in [6, 6.07) is 3.61. The Balaban J connectivity index is 1.73. The van der Waals surface area contributed by atoms with Crippen molar-refractivity contribution in [1.29, 1.82) is 0 Å². The smallest absolute Gasteiger partial charge is 0.276 e. The molecule has 3 aliphatic rings. The van der Waals surface area contributed by atoms with Crippen molar-refractivity contribution in [2.75, 3.05) is 4.90 Å². The first-order valence-corrected chi connectivity index (χ1v) is 8.33. The molecule has 2 aliphatic heterocycles. The van der Waals surface area contributed by atoms with Crippen LogP contribution in [-0.4, -0.2) is 23.7 Å². The molecule has 0 unspecified atom stereocenters. The number of ether oxygens (including phenoxy) is 1. The van der Waals surface area contributed by atoms with E-state index in [0.29, 0.717) is 24.2 Å². The van der Waals surface area contributed by atoms with Gasteiger partial charge >= 0.3 is 0 Å². The fourth-order valence-electron chi connectivity index (χ4n) is 3.80. The highest BCUT2D eigenvalue weighted by Crippen LogP contribution is 2.48. The Kier molecular flexibility index (Phi) is 3.35. The lowest BCUT2D eigenvalue weighted by Gasteiger charge is -2.29. The Hall–Kier alpha value is -2.21. The summed E-state index contributed by atoms with van der Waals surface area (Å²) in [6.45, 7) is 3.89. The zero-order chi connectivity index (χ0) is 18.1. The van der Waals surface area contributed by atoms with E-state index in [4.69, 9.17) is 16.3 Å². The summed E-state index contributed by atoms with van der Waals surface area (Å²) < 4.78 is 19.1. The molecule has 25 heavy (non-hydrogen) atoms. The fraction of sp³-hybridized carbons (Fsp3) is 0.389. The maximum absolute atomic E-state index is 13.4. The minimum absolute atomic E-state index is 0.154. The first kappa shape index (κ1) is 16.3. The molecule has 0 aromatic heterocycles. The zero-order valence-electron chi connectivity index (χ0n) is 13.6. The summed E-state index contributed by atoms with van der Waals surface area (Å²) in [5.74, 6) is -2.35. The molecule has 0 radical (unpaired) electrons. The minimum atomic E-state index is -1.03.